The van der Waals surface area contributed by atoms with Gasteiger partial charge in [-0.05, 0) is 5.92 Å². The first-order chi connectivity index (χ1) is 5.13. The van der Waals surface area contributed by atoms with Crippen molar-refractivity contribution in [3.8, 4) is 0 Å². The van der Waals surface area contributed by atoms with Crippen molar-refractivity contribution in [1.29, 1.82) is 0 Å². The molecule has 1 amide bonds. The highest BCUT2D eigenvalue weighted by Gasteiger charge is 2.32. The molecule has 0 bridgehead atoms. The Labute approximate surface area is 66.2 Å². The SMILES string of the molecule is CC(C)C1C(=O)CCNC1=O. The lowest BCUT2D eigenvalue weighted by Crippen LogP contribution is -2.44. The topological polar surface area (TPSA) is 46.2 Å². The highest BCUT2D eigenvalue weighted by Crippen LogP contribution is 2.16. The van der Waals surface area contributed by atoms with Gasteiger partial charge in [0.15, 0.2) is 0 Å². The number of piperidine rings is 1. The largest absolute Gasteiger partial charge is 0.355 e. The van der Waals surface area contributed by atoms with E-state index in [0.717, 1.165) is 0 Å². The molecule has 1 atom stereocenters. The van der Waals surface area contributed by atoms with Crippen LogP contribution in [0.3, 0.4) is 0 Å². The van der Waals surface area contributed by atoms with Crippen LogP contribution < -0.4 is 5.32 Å². The first-order valence-electron chi connectivity index (χ1n) is 3.93. The summed E-state index contributed by atoms with van der Waals surface area (Å²) in [5, 5.41) is 2.68. The van der Waals surface area contributed by atoms with E-state index in [2.05, 4.69) is 5.32 Å². The van der Waals surface area contributed by atoms with Gasteiger partial charge in [-0.1, -0.05) is 13.8 Å². The van der Waals surface area contributed by atoms with E-state index in [9.17, 15) is 9.59 Å². The van der Waals surface area contributed by atoms with Gasteiger partial charge in [0.25, 0.3) is 0 Å². The monoisotopic (exact) mass is 155 g/mol. The van der Waals surface area contributed by atoms with Crippen molar-refractivity contribution < 1.29 is 9.59 Å². The molecule has 0 radical (unpaired) electrons. The van der Waals surface area contributed by atoms with E-state index >= 15 is 0 Å². The molecule has 1 saturated heterocycles. The number of carbonyl (C=O) groups excluding carboxylic acids is 2. The molecule has 1 fully saturated rings. The van der Waals surface area contributed by atoms with Crippen molar-refractivity contribution in [1.82, 2.24) is 5.32 Å². The Kier molecular flexibility index (Phi) is 2.27. The van der Waals surface area contributed by atoms with Gasteiger partial charge >= 0.3 is 0 Å². The van der Waals surface area contributed by atoms with Crippen LogP contribution in [0.1, 0.15) is 20.3 Å². The summed E-state index contributed by atoms with van der Waals surface area (Å²) in [6.45, 7) is 4.31. The van der Waals surface area contributed by atoms with Crippen LogP contribution in [0.2, 0.25) is 0 Å². The van der Waals surface area contributed by atoms with E-state index in [0.29, 0.717) is 13.0 Å². The van der Waals surface area contributed by atoms with Gasteiger partial charge in [0.1, 0.15) is 5.78 Å². The molecule has 0 aromatic heterocycles. The summed E-state index contributed by atoms with van der Waals surface area (Å²) in [5.74, 6) is -0.286. The summed E-state index contributed by atoms with van der Waals surface area (Å²) in [6, 6.07) is 0. The molecule has 1 N–H and O–H groups in total. The minimum absolute atomic E-state index is 0.0868. The molecule has 0 aromatic carbocycles. The molecular weight excluding hydrogens is 142 g/mol. The highest BCUT2D eigenvalue weighted by molar-refractivity contribution is 6.03. The molecule has 0 aromatic rings. The minimum atomic E-state index is -0.399. The number of hydrogen-bond acceptors (Lipinski definition) is 2. The second-order valence-electron chi connectivity index (χ2n) is 3.23. The molecule has 62 valence electrons. The molecule has 0 saturated carbocycles. The van der Waals surface area contributed by atoms with Gasteiger partial charge in [-0.3, -0.25) is 9.59 Å². The average Bonchev–Trinajstić information content (AvgIpc) is 1.85. The lowest BCUT2D eigenvalue weighted by atomic mass is 9.87. The van der Waals surface area contributed by atoms with Gasteiger partial charge in [0.05, 0.1) is 5.92 Å². The third kappa shape index (κ3) is 1.59. The van der Waals surface area contributed by atoms with Crippen LogP contribution in [0.15, 0.2) is 0 Å². The van der Waals surface area contributed by atoms with Crippen molar-refractivity contribution in [2.45, 2.75) is 20.3 Å². The van der Waals surface area contributed by atoms with E-state index in [1.165, 1.54) is 0 Å². The van der Waals surface area contributed by atoms with E-state index < -0.39 is 5.92 Å². The zero-order valence-corrected chi connectivity index (χ0v) is 6.89. The molecule has 1 aliphatic heterocycles. The zero-order valence-electron chi connectivity index (χ0n) is 6.89. The number of amides is 1. The Morgan fingerprint density at radius 1 is 1.45 bits per heavy atom. The maximum absolute atomic E-state index is 11.2. The van der Waals surface area contributed by atoms with Gasteiger partial charge in [-0.15, -0.1) is 0 Å². The lowest BCUT2D eigenvalue weighted by molar-refractivity contribution is -0.138. The summed E-state index contributed by atoms with van der Waals surface area (Å²) in [6.07, 6.45) is 0.495. The minimum Gasteiger partial charge on any atom is -0.355 e. The number of carbonyl (C=O) groups is 2. The third-order valence-corrected chi connectivity index (χ3v) is 1.97. The van der Waals surface area contributed by atoms with Gasteiger partial charge < -0.3 is 5.32 Å². The first-order valence-corrected chi connectivity index (χ1v) is 3.93. The summed E-state index contributed by atoms with van der Waals surface area (Å²) in [7, 11) is 0. The molecule has 1 aliphatic rings. The Hall–Kier alpha value is -0.860. The van der Waals surface area contributed by atoms with Crippen LogP contribution in [0, 0.1) is 11.8 Å². The predicted octanol–water partition coefficient (Wildman–Crippen LogP) is 0.348. The fourth-order valence-corrected chi connectivity index (χ4v) is 1.40. The second kappa shape index (κ2) is 3.03. The van der Waals surface area contributed by atoms with E-state index in [-0.39, 0.29) is 17.6 Å². The predicted molar refractivity (Wildman–Crippen MR) is 41.0 cm³/mol. The molecule has 1 heterocycles. The van der Waals surface area contributed by atoms with Crippen LogP contribution in [-0.4, -0.2) is 18.2 Å². The summed E-state index contributed by atoms with van der Waals surface area (Å²) < 4.78 is 0. The maximum atomic E-state index is 11.2. The van der Waals surface area contributed by atoms with Crippen LogP contribution >= 0.6 is 0 Å². The molecule has 1 rings (SSSR count). The third-order valence-electron chi connectivity index (χ3n) is 1.97. The lowest BCUT2D eigenvalue weighted by Gasteiger charge is -2.23. The summed E-state index contributed by atoms with van der Waals surface area (Å²) >= 11 is 0. The maximum Gasteiger partial charge on any atom is 0.230 e. The van der Waals surface area contributed by atoms with Gasteiger partial charge in [0, 0.05) is 13.0 Å². The highest BCUT2D eigenvalue weighted by atomic mass is 16.2. The van der Waals surface area contributed by atoms with E-state index in [1.807, 2.05) is 13.8 Å². The second-order valence-corrected chi connectivity index (χ2v) is 3.23. The Morgan fingerprint density at radius 3 is 2.45 bits per heavy atom. The standard InChI is InChI=1S/C8H13NO2/c1-5(2)7-6(10)3-4-9-8(7)11/h5,7H,3-4H2,1-2H3,(H,9,11). The first kappa shape index (κ1) is 8.24. The van der Waals surface area contributed by atoms with Gasteiger partial charge in [-0.25, -0.2) is 0 Å². The molecule has 0 aliphatic carbocycles. The molecule has 0 spiro atoms. The Morgan fingerprint density at radius 2 is 2.09 bits per heavy atom. The van der Waals surface area contributed by atoms with Crippen LogP contribution in [0.4, 0.5) is 0 Å². The van der Waals surface area contributed by atoms with Gasteiger partial charge in [0.2, 0.25) is 5.91 Å². The fourth-order valence-electron chi connectivity index (χ4n) is 1.40. The van der Waals surface area contributed by atoms with E-state index in [4.69, 9.17) is 0 Å². The summed E-state index contributed by atoms with van der Waals surface area (Å²) in [4.78, 5) is 22.3. The van der Waals surface area contributed by atoms with Gasteiger partial charge in [-0.2, -0.15) is 0 Å². The van der Waals surface area contributed by atoms with Crippen LogP contribution in [0.25, 0.3) is 0 Å². The average molecular weight is 155 g/mol. The van der Waals surface area contributed by atoms with E-state index in [1.54, 1.807) is 0 Å². The molecular formula is C8H13NO2. The van der Waals surface area contributed by atoms with Crippen LogP contribution in [0.5, 0.6) is 0 Å². The Bertz CT molecular complexity index is 171. The zero-order chi connectivity index (χ0) is 8.43. The molecule has 3 nitrogen and oxygen atoms in total. The fraction of sp³-hybridized carbons (Fsp3) is 0.750. The molecule has 11 heavy (non-hydrogen) atoms. The van der Waals surface area contributed by atoms with Crippen molar-refractivity contribution in [3.63, 3.8) is 0 Å². The number of rotatable bonds is 1. The Balaban J connectivity index is 2.71. The van der Waals surface area contributed by atoms with Crippen molar-refractivity contribution in [2.24, 2.45) is 11.8 Å². The number of hydrogen-bond donors (Lipinski definition) is 1. The molecule has 1 unspecified atom stereocenters. The number of Topliss-reactive ketones (excluding diaryl/α,β-unsaturated/α-hetero) is 1. The van der Waals surface area contributed by atoms with Crippen molar-refractivity contribution >= 4 is 11.7 Å². The smallest absolute Gasteiger partial charge is 0.230 e. The van der Waals surface area contributed by atoms with Crippen LogP contribution in [-0.2, 0) is 9.59 Å². The van der Waals surface area contributed by atoms with Crippen molar-refractivity contribution in [2.75, 3.05) is 6.54 Å². The number of ketones is 1. The number of nitrogens with one attached hydrogen (secondary N) is 1. The normalized spacial score (nSPS) is 25.5. The molecule has 3 heteroatoms. The van der Waals surface area contributed by atoms with Crippen molar-refractivity contribution in [3.05, 3.63) is 0 Å². The quantitative estimate of drug-likeness (QED) is 0.555. The summed E-state index contributed by atoms with van der Waals surface area (Å²) in [5.41, 5.74) is 0.